The van der Waals surface area contributed by atoms with Gasteiger partial charge in [-0.05, 0) is 73.2 Å². The van der Waals surface area contributed by atoms with Crippen molar-refractivity contribution in [3.05, 3.63) is 65.5 Å². The first kappa shape index (κ1) is 21.0. The van der Waals surface area contributed by atoms with Gasteiger partial charge in [0.2, 0.25) is 0 Å². The number of carbonyl (C=O) groups excluding carboxylic acids is 1. The monoisotopic (exact) mass is 520 g/mol. The number of halogens is 1. The van der Waals surface area contributed by atoms with Crippen LogP contribution in [-0.2, 0) is 4.74 Å². The maximum absolute atomic E-state index is 12.8. The lowest BCUT2D eigenvalue weighted by molar-refractivity contribution is 0.0531. The molecule has 1 aromatic carbocycles. The van der Waals surface area contributed by atoms with Crippen molar-refractivity contribution in [1.29, 1.82) is 5.26 Å². The van der Waals surface area contributed by atoms with Crippen molar-refractivity contribution < 1.29 is 9.53 Å². The topological polar surface area (TPSA) is 100 Å². The number of aromatic nitrogens is 2. The molecule has 0 aliphatic heterocycles. The number of hydrogen-bond donors (Lipinski definition) is 1. The van der Waals surface area contributed by atoms with Gasteiger partial charge in [-0.15, -0.1) is 11.3 Å². The fourth-order valence-electron chi connectivity index (χ4n) is 2.72. The van der Waals surface area contributed by atoms with Gasteiger partial charge in [0.1, 0.15) is 15.9 Å². The minimum absolute atomic E-state index is 0.245. The summed E-state index contributed by atoms with van der Waals surface area (Å²) in [5.74, 6) is -0.480. The molecule has 0 aliphatic rings. The van der Waals surface area contributed by atoms with Gasteiger partial charge >= 0.3 is 5.97 Å². The molecule has 2 aromatic heterocycles. The third kappa shape index (κ3) is 4.18. The highest BCUT2D eigenvalue weighted by Crippen LogP contribution is 2.35. The van der Waals surface area contributed by atoms with Crippen LogP contribution < -0.4 is 5.56 Å². The van der Waals surface area contributed by atoms with Crippen LogP contribution in [0.25, 0.3) is 5.69 Å². The molecule has 3 aromatic rings. The van der Waals surface area contributed by atoms with Crippen LogP contribution in [0.5, 0.6) is 0 Å². The predicted octanol–water partition coefficient (Wildman–Crippen LogP) is 4.25. The Balaban J connectivity index is 2.00. The molecule has 29 heavy (non-hydrogen) atoms. The van der Waals surface area contributed by atoms with E-state index >= 15 is 0 Å². The second kappa shape index (κ2) is 8.75. The van der Waals surface area contributed by atoms with Gasteiger partial charge in [-0.25, -0.2) is 14.5 Å². The van der Waals surface area contributed by atoms with Crippen LogP contribution >= 0.6 is 33.9 Å². The second-order valence-corrected chi connectivity index (χ2v) is 8.34. The average Bonchev–Trinajstić information content (AvgIpc) is 3.16. The molecule has 0 fully saturated rings. The minimum Gasteiger partial charge on any atom is -0.462 e. The lowest BCUT2D eigenvalue weighted by atomic mass is 10.2. The molecule has 0 spiro atoms. The molecule has 9 heteroatoms. The number of ether oxygens (including phenoxy) is 1. The van der Waals surface area contributed by atoms with E-state index in [9.17, 15) is 14.9 Å². The highest BCUT2D eigenvalue weighted by molar-refractivity contribution is 14.1. The second-order valence-electron chi connectivity index (χ2n) is 6.09. The van der Waals surface area contributed by atoms with Crippen LogP contribution in [0.4, 0.5) is 5.00 Å². The molecule has 0 saturated heterocycles. The van der Waals surface area contributed by atoms with Gasteiger partial charge in [0.25, 0.3) is 5.56 Å². The summed E-state index contributed by atoms with van der Waals surface area (Å²) < 4.78 is 7.55. The van der Waals surface area contributed by atoms with E-state index in [1.165, 1.54) is 10.9 Å². The summed E-state index contributed by atoms with van der Waals surface area (Å²) in [6, 6.07) is 9.61. The molecular weight excluding hydrogens is 503 g/mol. The Kier molecular flexibility index (Phi) is 6.34. The van der Waals surface area contributed by atoms with Gasteiger partial charge in [0.05, 0.1) is 23.4 Å². The lowest BCUT2D eigenvalue weighted by Gasteiger charge is -2.00. The van der Waals surface area contributed by atoms with Gasteiger partial charge in [-0.3, -0.25) is 9.89 Å². The minimum atomic E-state index is -0.480. The van der Waals surface area contributed by atoms with Crippen molar-refractivity contribution in [2.45, 2.75) is 20.8 Å². The first-order valence-corrected chi connectivity index (χ1v) is 10.6. The SMILES string of the molecule is CCOC(=O)c1sc(/N=C/c2c(C)[nH]n(-c3ccc(I)cc3)c2=O)c(C#N)c1C. The summed E-state index contributed by atoms with van der Waals surface area (Å²) in [5, 5.41) is 12.9. The van der Waals surface area contributed by atoms with E-state index in [-0.39, 0.29) is 12.2 Å². The number of thiophene rings is 1. The maximum Gasteiger partial charge on any atom is 0.348 e. The first-order chi connectivity index (χ1) is 13.9. The van der Waals surface area contributed by atoms with E-state index in [0.717, 1.165) is 14.9 Å². The number of H-pyrrole nitrogens is 1. The number of benzene rings is 1. The number of nitrogens with zero attached hydrogens (tertiary/aromatic N) is 3. The summed E-state index contributed by atoms with van der Waals surface area (Å²) >= 11 is 3.28. The smallest absolute Gasteiger partial charge is 0.348 e. The molecule has 0 unspecified atom stereocenters. The van der Waals surface area contributed by atoms with E-state index in [2.05, 4.69) is 38.8 Å². The summed E-state index contributed by atoms with van der Waals surface area (Å²) in [7, 11) is 0. The van der Waals surface area contributed by atoms with E-state index in [1.54, 1.807) is 20.8 Å². The molecule has 2 heterocycles. The molecule has 1 N–H and O–H groups in total. The lowest BCUT2D eigenvalue weighted by Crippen LogP contribution is -2.17. The maximum atomic E-state index is 12.8. The zero-order valence-corrected chi connectivity index (χ0v) is 18.9. The average molecular weight is 520 g/mol. The Morgan fingerprint density at radius 1 is 1.38 bits per heavy atom. The molecule has 0 saturated carbocycles. The number of nitriles is 1. The molecule has 0 amide bonds. The summed E-state index contributed by atoms with van der Waals surface area (Å²) in [5.41, 5.74) is 2.34. The number of rotatable bonds is 5. The van der Waals surface area contributed by atoms with E-state index in [0.29, 0.717) is 37.9 Å². The van der Waals surface area contributed by atoms with Crippen molar-refractivity contribution in [3.8, 4) is 11.8 Å². The molecule has 0 aliphatic carbocycles. The molecule has 148 valence electrons. The quantitative estimate of drug-likeness (QED) is 0.309. The standard InChI is InChI=1S/C20H17IN4O3S/c1-4-28-20(27)17-11(2)15(9-22)18(29-17)23-10-16-12(3)24-25(19(16)26)14-7-5-13(21)6-8-14/h5-8,10,24H,4H2,1-3H3/b23-10+. The van der Waals surface area contributed by atoms with Crippen LogP contribution in [-0.4, -0.2) is 28.6 Å². The fourth-order valence-corrected chi connectivity index (χ4v) is 4.08. The van der Waals surface area contributed by atoms with Gasteiger partial charge in [-0.2, -0.15) is 5.26 Å². The molecule has 7 nitrogen and oxygen atoms in total. The number of aromatic amines is 1. The summed E-state index contributed by atoms with van der Waals surface area (Å²) in [6.45, 7) is 5.43. The molecule has 0 bridgehead atoms. The number of hydrogen-bond acceptors (Lipinski definition) is 6. The Labute approximate surface area is 184 Å². The highest BCUT2D eigenvalue weighted by atomic mass is 127. The van der Waals surface area contributed by atoms with Crippen LogP contribution in [0, 0.1) is 28.7 Å². The zero-order chi connectivity index (χ0) is 21.1. The molecule has 0 radical (unpaired) electrons. The Morgan fingerprint density at radius 3 is 2.69 bits per heavy atom. The number of carbonyl (C=O) groups is 1. The third-order valence-corrected chi connectivity index (χ3v) is 6.11. The van der Waals surface area contributed by atoms with Gasteiger partial charge in [0, 0.05) is 15.5 Å². The largest absolute Gasteiger partial charge is 0.462 e. The van der Waals surface area contributed by atoms with Gasteiger partial charge in [0.15, 0.2) is 0 Å². The Morgan fingerprint density at radius 2 is 2.07 bits per heavy atom. The van der Waals surface area contributed by atoms with Crippen molar-refractivity contribution in [2.24, 2.45) is 4.99 Å². The highest BCUT2D eigenvalue weighted by Gasteiger charge is 2.21. The number of aliphatic imine (C=N–C) groups is 1. The van der Waals surface area contributed by atoms with E-state index in [1.807, 2.05) is 24.3 Å². The van der Waals surface area contributed by atoms with E-state index < -0.39 is 5.97 Å². The number of esters is 1. The molecular formula is C20H17IN4O3S. The normalized spacial score (nSPS) is 11.0. The van der Waals surface area contributed by atoms with Crippen molar-refractivity contribution in [3.63, 3.8) is 0 Å². The Bertz CT molecular complexity index is 1200. The van der Waals surface area contributed by atoms with Crippen LogP contribution in [0.15, 0.2) is 34.1 Å². The van der Waals surface area contributed by atoms with Gasteiger partial charge < -0.3 is 4.74 Å². The Hall–Kier alpha value is -2.71. The number of nitrogens with one attached hydrogen (secondary N) is 1. The first-order valence-electron chi connectivity index (χ1n) is 8.69. The predicted molar refractivity (Wildman–Crippen MR) is 121 cm³/mol. The van der Waals surface area contributed by atoms with Crippen molar-refractivity contribution in [1.82, 2.24) is 9.78 Å². The van der Waals surface area contributed by atoms with Gasteiger partial charge in [-0.1, -0.05) is 0 Å². The van der Waals surface area contributed by atoms with Crippen LogP contribution in [0.2, 0.25) is 0 Å². The summed E-state index contributed by atoms with van der Waals surface area (Å²) in [6.07, 6.45) is 1.43. The van der Waals surface area contributed by atoms with Crippen molar-refractivity contribution in [2.75, 3.05) is 6.61 Å². The van der Waals surface area contributed by atoms with E-state index in [4.69, 9.17) is 4.74 Å². The number of aryl methyl sites for hydroxylation is 1. The van der Waals surface area contributed by atoms with Crippen LogP contribution in [0.1, 0.15) is 39.0 Å². The molecule has 0 atom stereocenters. The van der Waals surface area contributed by atoms with Crippen LogP contribution in [0.3, 0.4) is 0 Å². The van der Waals surface area contributed by atoms with Crippen molar-refractivity contribution >= 4 is 51.1 Å². The third-order valence-electron chi connectivity index (χ3n) is 4.21. The summed E-state index contributed by atoms with van der Waals surface area (Å²) in [4.78, 5) is 29.6. The molecule has 3 rings (SSSR count). The zero-order valence-electron chi connectivity index (χ0n) is 15.9. The fraction of sp³-hybridized carbons (Fsp3) is 0.200.